The van der Waals surface area contributed by atoms with Crippen molar-refractivity contribution in [2.45, 2.75) is 26.3 Å². The molecule has 0 aromatic carbocycles. The second kappa shape index (κ2) is 6.20. The zero-order valence-corrected chi connectivity index (χ0v) is 10.7. The predicted octanol–water partition coefficient (Wildman–Crippen LogP) is 0.582. The summed E-state index contributed by atoms with van der Waals surface area (Å²) in [5, 5.41) is 12.3. The van der Waals surface area contributed by atoms with Crippen LogP contribution in [0.4, 0.5) is 11.5 Å². The zero-order chi connectivity index (χ0) is 13.7. The number of nitrogens with one attached hydrogen (secondary N) is 1. The Hall–Kier alpha value is -1.82. The van der Waals surface area contributed by atoms with Gasteiger partial charge in [-0.1, -0.05) is 13.8 Å². The van der Waals surface area contributed by atoms with E-state index in [1.165, 1.54) is 12.3 Å². The molecule has 1 aromatic heterocycles. The first kappa shape index (κ1) is 14.2. The van der Waals surface area contributed by atoms with Gasteiger partial charge in [-0.15, -0.1) is 0 Å². The van der Waals surface area contributed by atoms with Crippen LogP contribution in [0, 0.1) is 5.92 Å². The average molecular weight is 252 g/mol. The van der Waals surface area contributed by atoms with Crippen LogP contribution in [0.25, 0.3) is 0 Å². The quantitative estimate of drug-likeness (QED) is 0.591. The molecule has 6 N–H and O–H groups in total. The van der Waals surface area contributed by atoms with Crippen LogP contribution in [0.1, 0.15) is 30.6 Å². The highest BCUT2D eigenvalue weighted by Gasteiger charge is 2.15. The lowest BCUT2D eigenvalue weighted by atomic mass is 10.0. The SMILES string of the molecule is CC(C)CC(CO)Nc1ncc(N)cc1C(N)=O. The van der Waals surface area contributed by atoms with E-state index < -0.39 is 5.91 Å². The first-order valence-corrected chi connectivity index (χ1v) is 5.86. The number of nitrogens with zero attached hydrogens (tertiary/aromatic N) is 1. The standard InChI is InChI=1S/C12H20N4O2/c1-7(2)3-9(6-17)16-12-10(11(14)18)4-8(13)5-15-12/h4-5,7,9,17H,3,6,13H2,1-2H3,(H2,14,18)(H,15,16). The van der Waals surface area contributed by atoms with E-state index in [-0.39, 0.29) is 18.2 Å². The van der Waals surface area contributed by atoms with Gasteiger partial charge in [0.15, 0.2) is 0 Å². The Morgan fingerprint density at radius 3 is 2.72 bits per heavy atom. The van der Waals surface area contributed by atoms with Crippen molar-refractivity contribution < 1.29 is 9.90 Å². The number of nitrogen functional groups attached to an aromatic ring is 1. The molecule has 0 radical (unpaired) electrons. The lowest BCUT2D eigenvalue weighted by Crippen LogP contribution is -2.28. The molecule has 0 bridgehead atoms. The van der Waals surface area contributed by atoms with E-state index in [0.717, 1.165) is 6.42 Å². The van der Waals surface area contributed by atoms with Crippen molar-refractivity contribution in [3.05, 3.63) is 17.8 Å². The van der Waals surface area contributed by atoms with Gasteiger partial charge in [-0.25, -0.2) is 4.98 Å². The summed E-state index contributed by atoms with van der Waals surface area (Å²) in [6, 6.07) is 1.31. The molecule has 0 saturated carbocycles. The number of aromatic nitrogens is 1. The number of pyridine rings is 1. The number of hydrogen-bond donors (Lipinski definition) is 4. The molecule has 6 heteroatoms. The minimum absolute atomic E-state index is 0.0392. The van der Waals surface area contributed by atoms with Crippen LogP contribution in [-0.4, -0.2) is 28.6 Å². The summed E-state index contributed by atoms with van der Waals surface area (Å²) in [6.45, 7) is 4.06. The Labute approximate surface area is 106 Å². The number of carbonyl (C=O) groups is 1. The van der Waals surface area contributed by atoms with Gasteiger partial charge < -0.3 is 21.9 Å². The molecule has 0 aliphatic heterocycles. The third kappa shape index (κ3) is 3.89. The molecular weight excluding hydrogens is 232 g/mol. The average Bonchev–Trinajstić information content (AvgIpc) is 2.29. The molecule has 100 valence electrons. The van der Waals surface area contributed by atoms with Crippen LogP contribution in [0.5, 0.6) is 0 Å². The number of aliphatic hydroxyl groups is 1. The maximum Gasteiger partial charge on any atom is 0.252 e. The molecule has 1 atom stereocenters. The molecule has 0 spiro atoms. The molecule has 1 unspecified atom stereocenters. The van der Waals surface area contributed by atoms with E-state index in [9.17, 15) is 9.90 Å². The fraction of sp³-hybridized carbons (Fsp3) is 0.500. The van der Waals surface area contributed by atoms with Crippen molar-refractivity contribution in [1.29, 1.82) is 0 Å². The van der Waals surface area contributed by atoms with Gasteiger partial charge in [-0.3, -0.25) is 4.79 Å². The van der Waals surface area contributed by atoms with Crippen molar-refractivity contribution in [3.63, 3.8) is 0 Å². The number of primary amides is 1. The summed E-state index contributed by atoms with van der Waals surface area (Å²) in [6.07, 6.45) is 2.21. The number of hydrogen-bond acceptors (Lipinski definition) is 5. The van der Waals surface area contributed by atoms with E-state index >= 15 is 0 Å². The Morgan fingerprint density at radius 2 is 2.22 bits per heavy atom. The highest BCUT2D eigenvalue weighted by molar-refractivity contribution is 5.98. The third-order valence-electron chi connectivity index (χ3n) is 2.49. The molecule has 1 amide bonds. The Morgan fingerprint density at radius 1 is 1.56 bits per heavy atom. The number of aliphatic hydroxyl groups excluding tert-OH is 1. The van der Waals surface area contributed by atoms with Crippen LogP contribution in [-0.2, 0) is 0 Å². The summed E-state index contributed by atoms with van der Waals surface area (Å²) < 4.78 is 0. The van der Waals surface area contributed by atoms with E-state index in [2.05, 4.69) is 24.1 Å². The Balaban J connectivity index is 2.91. The summed E-state index contributed by atoms with van der Waals surface area (Å²) in [5.74, 6) is 0.176. The first-order chi connectivity index (χ1) is 8.43. The van der Waals surface area contributed by atoms with E-state index in [4.69, 9.17) is 11.5 Å². The summed E-state index contributed by atoms with van der Waals surface area (Å²) in [7, 11) is 0. The maximum atomic E-state index is 11.3. The maximum absolute atomic E-state index is 11.3. The van der Waals surface area contributed by atoms with E-state index in [1.807, 2.05) is 0 Å². The van der Waals surface area contributed by atoms with Crippen molar-refractivity contribution in [1.82, 2.24) is 4.98 Å². The molecule has 18 heavy (non-hydrogen) atoms. The lowest BCUT2D eigenvalue weighted by Gasteiger charge is -2.20. The Bertz CT molecular complexity index is 421. The molecular formula is C12H20N4O2. The number of nitrogens with two attached hydrogens (primary N) is 2. The van der Waals surface area contributed by atoms with Crippen molar-refractivity contribution in [2.75, 3.05) is 17.7 Å². The second-order valence-electron chi connectivity index (χ2n) is 4.68. The molecule has 6 nitrogen and oxygen atoms in total. The van der Waals surface area contributed by atoms with Crippen LogP contribution in [0.2, 0.25) is 0 Å². The topological polar surface area (TPSA) is 114 Å². The zero-order valence-electron chi connectivity index (χ0n) is 10.7. The van der Waals surface area contributed by atoms with Gasteiger partial charge in [0, 0.05) is 0 Å². The molecule has 0 saturated heterocycles. The largest absolute Gasteiger partial charge is 0.397 e. The molecule has 1 heterocycles. The predicted molar refractivity (Wildman–Crippen MR) is 71.1 cm³/mol. The van der Waals surface area contributed by atoms with Gasteiger partial charge in [-0.05, 0) is 18.4 Å². The molecule has 0 fully saturated rings. The molecule has 1 rings (SSSR count). The summed E-state index contributed by atoms with van der Waals surface area (Å²) in [5.41, 5.74) is 11.4. The van der Waals surface area contributed by atoms with Gasteiger partial charge in [0.2, 0.25) is 0 Å². The molecule has 0 aliphatic rings. The minimum Gasteiger partial charge on any atom is -0.397 e. The third-order valence-corrected chi connectivity index (χ3v) is 2.49. The lowest BCUT2D eigenvalue weighted by molar-refractivity contribution is 0.100. The van der Waals surface area contributed by atoms with Crippen molar-refractivity contribution in [2.24, 2.45) is 11.7 Å². The fourth-order valence-electron chi connectivity index (χ4n) is 1.73. The van der Waals surface area contributed by atoms with E-state index in [0.29, 0.717) is 17.4 Å². The normalized spacial score (nSPS) is 12.4. The van der Waals surface area contributed by atoms with Gasteiger partial charge in [0.05, 0.1) is 30.1 Å². The highest BCUT2D eigenvalue weighted by Crippen LogP contribution is 2.17. The van der Waals surface area contributed by atoms with Gasteiger partial charge >= 0.3 is 0 Å². The van der Waals surface area contributed by atoms with Gasteiger partial charge in [-0.2, -0.15) is 0 Å². The summed E-state index contributed by atoms with van der Waals surface area (Å²) >= 11 is 0. The second-order valence-corrected chi connectivity index (χ2v) is 4.68. The van der Waals surface area contributed by atoms with E-state index in [1.54, 1.807) is 0 Å². The summed E-state index contributed by atoms with van der Waals surface area (Å²) in [4.78, 5) is 15.3. The number of carbonyl (C=O) groups excluding carboxylic acids is 1. The van der Waals surface area contributed by atoms with Crippen LogP contribution < -0.4 is 16.8 Å². The first-order valence-electron chi connectivity index (χ1n) is 5.86. The minimum atomic E-state index is -0.599. The fourth-order valence-corrected chi connectivity index (χ4v) is 1.73. The van der Waals surface area contributed by atoms with Crippen molar-refractivity contribution in [3.8, 4) is 0 Å². The van der Waals surface area contributed by atoms with Crippen LogP contribution in [0.3, 0.4) is 0 Å². The number of rotatable bonds is 6. The monoisotopic (exact) mass is 252 g/mol. The smallest absolute Gasteiger partial charge is 0.252 e. The van der Waals surface area contributed by atoms with Gasteiger partial charge in [0.1, 0.15) is 5.82 Å². The molecule has 1 aromatic rings. The number of anilines is 2. The highest BCUT2D eigenvalue weighted by atomic mass is 16.3. The number of amides is 1. The van der Waals surface area contributed by atoms with Crippen LogP contribution >= 0.6 is 0 Å². The van der Waals surface area contributed by atoms with Gasteiger partial charge in [0.25, 0.3) is 5.91 Å². The van der Waals surface area contributed by atoms with Crippen LogP contribution in [0.15, 0.2) is 12.3 Å². The van der Waals surface area contributed by atoms with Crippen molar-refractivity contribution >= 4 is 17.4 Å². The molecule has 0 aliphatic carbocycles. The Kier molecular flexibility index (Phi) is 4.91.